The number of aliphatic hydroxyl groups is 1. The van der Waals surface area contributed by atoms with Crippen molar-refractivity contribution in [2.75, 3.05) is 0 Å². The Kier molecular flexibility index (Phi) is 3.78. The highest BCUT2D eigenvalue weighted by molar-refractivity contribution is 5.39. The number of aryl methyl sites for hydroxylation is 3. The highest BCUT2D eigenvalue weighted by Crippen LogP contribution is 2.27. The standard InChI is InChI=1S/C16H19NO/c1-4-13-10-17-8-7-15(13)16(18)14-6-5-11(2)9-12(14)3/h5-10,16,18H,4H2,1-3H3. The van der Waals surface area contributed by atoms with Crippen molar-refractivity contribution in [2.24, 2.45) is 0 Å². The summed E-state index contributed by atoms with van der Waals surface area (Å²) in [5, 5.41) is 10.5. The van der Waals surface area contributed by atoms with Gasteiger partial charge in [0.05, 0.1) is 0 Å². The molecule has 0 aliphatic heterocycles. The van der Waals surface area contributed by atoms with Gasteiger partial charge in [-0.05, 0) is 48.6 Å². The van der Waals surface area contributed by atoms with Gasteiger partial charge in [0, 0.05) is 12.4 Å². The lowest BCUT2D eigenvalue weighted by molar-refractivity contribution is 0.218. The van der Waals surface area contributed by atoms with Crippen LogP contribution < -0.4 is 0 Å². The Morgan fingerprint density at radius 2 is 1.94 bits per heavy atom. The van der Waals surface area contributed by atoms with Gasteiger partial charge < -0.3 is 5.11 Å². The van der Waals surface area contributed by atoms with Crippen LogP contribution in [0.2, 0.25) is 0 Å². The fourth-order valence-electron chi connectivity index (χ4n) is 2.30. The molecule has 2 rings (SSSR count). The van der Waals surface area contributed by atoms with E-state index in [2.05, 4.69) is 24.9 Å². The summed E-state index contributed by atoms with van der Waals surface area (Å²) < 4.78 is 0. The van der Waals surface area contributed by atoms with E-state index < -0.39 is 6.10 Å². The molecule has 1 aromatic carbocycles. The van der Waals surface area contributed by atoms with Crippen molar-refractivity contribution >= 4 is 0 Å². The Balaban J connectivity index is 2.44. The van der Waals surface area contributed by atoms with Gasteiger partial charge in [-0.15, -0.1) is 0 Å². The molecule has 2 nitrogen and oxygen atoms in total. The first kappa shape index (κ1) is 12.8. The van der Waals surface area contributed by atoms with Gasteiger partial charge in [0.2, 0.25) is 0 Å². The molecule has 0 amide bonds. The predicted molar refractivity (Wildman–Crippen MR) is 73.6 cm³/mol. The first-order valence-electron chi connectivity index (χ1n) is 6.31. The number of aromatic nitrogens is 1. The van der Waals surface area contributed by atoms with Crippen LogP contribution in [0.15, 0.2) is 36.7 Å². The quantitative estimate of drug-likeness (QED) is 0.894. The van der Waals surface area contributed by atoms with Crippen molar-refractivity contribution in [2.45, 2.75) is 33.3 Å². The summed E-state index contributed by atoms with van der Waals surface area (Å²) >= 11 is 0. The molecule has 94 valence electrons. The Hall–Kier alpha value is -1.67. The molecule has 1 atom stereocenters. The van der Waals surface area contributed by atoms with Gasteiger partial charge in [-0.2, -0.15) is 0 Å². The van der Waals surface area contributed by atoms with E-state index in [1.54, 1.807) is 6.20 Å². The lowest BCUT2D eigenvalue weighted by Gasteiger charge is -2.17. The van der Waals surface area contributed by atoms with Gasteiger partial charge in [0.15, 0.2) is 0 Å². The molecule has 18 heavy (non-hydrogen) atoms. The second-order valence-corrected chi connectivity index (χ2v) is 4.69. The van der Waals surface area contributed by atoms with E-state index in [1.165, 1.54) is 5.56 Å². The SMILES string of the molecule is CCc1cnccc1C(O)c1ccc(C)cc1C. The van der Waals surface area contributed by atoms with Crippen LogP contribution in [0, 0.1) is 13.8 Å². The van der Waals surface area contributed by atoms with Gasteiger partial charge in [0.25, 0.3) is 0 Å². The highest BCUT2D eigenvalue weighted by Gasteiger charge is 2.15. The van der Waals surface area contributed by atoms with E-state index in [0.717, 1.165) is 28.7 Å². The predicted octanol–water partition coefficient (Wildman–Crippen LogP) is 3.34. The Labute approximate surface area is 108 Å². The molecule has 0 saturated heterocycles. The molecule has 0 aliphatic rings. The summed E-state index contributed by atoms with van der Waals surface area (Å²) in [4.78, 5) is 4.12. The summed E-state index contributed by atoms with van der Waals surface area (Å²) in [5.74, 6) is 0. The normalized spacial score (nSPS) is 12.4. The molecule has 1 aromatic heterocycles. The summed E-state index contributed by atoms with van der Waals surface area (Å²) in [5.41, 5.74) is 5.38. The van der Waals surface area contributed by atoms with Crippen LogP contribution >= 0.6 is 0 Å². The molecule has 1 unspecified atom stereocenters. The first-order valence-corrected chi connectivity index (χ1v) is 6.31. The van der Waals surface area contributed by atoms with Crippen LogP contribution in [0.5, 0.6) is 0 Å². The summed E-state index contributed by atoms with van der Waals surface area (Å²) in [6.07, 6.45) is 3.89. The maximum atomic E-state index is 10.5. The number of pyridine rings is 1. The summed E-state index contributed by atoms with van der Waals surface area (Å²) in [6.45, 7) is 6.18. The third kappa shape index (κ3) is 2.44. The molecule has 2 heteroatoms. The number of hydrogen-bond acceptors (Lipinski definition) is 2. The number of nitrogens with zero attached hydrogens (tertiary/aromatic N) is 1. The zero-order valence-electron chi connectivity index (χ0n) is 11.1. The second-order valence-electron chi connectivity index (χ2n) is 4.69. The van der Waals surface area contributed by atoms with Gasteiger partial charge >= 0.3 is 0 Å². The lowest BCUT2D eigenvalue weighted by Crippen LogP contribution is -2.05. The first-order chi connectivity index (χ1) is 8.63. The van der Waals surface area contributed by atoms with Crippen molar-refractivity contribution in [3.8, 4) is 0 Å². The molecule has 1 heterocycles. The van der Waals surface area contributed by atoms with Gasteiger partial charge in [-0.3, -0.25) is 4.98 Å². The fourth-order valence-corrected chi connectivity index (χ4v) is 2.30. The number of aliphatic hydroxyl groups excluding tert-OH is 1. The molecule has 0 bridgehead atoms. The molecular formula is C16H19NO. The molecule has 2 aromatic rings. The van der Waals surface area contributed by atoms with Gasteiger partial charge in [0.1, 0.15) is 6.10 Å². The van der Waals surface area contributed by atoms with Crippen LogP contribution in [0.4, 0.5) is 0 Å². The zero-order chi connectivity index (χ0) is 13.1. The molecule has 0 saturated carbocycles. The molecular weight excluding hydrogens is 222 g/mol. The summed E-state index contributed by atoms with van der Waals surface area (Å²) in [6, 6.07) is 8.06. The summed E-state index contributed by atoms with van der Waals surface area (Å²) in [7, 11) is 0. The average molecular weight is 241 g/mol. The highest BCUT2D eigenvalue weighted by atomic mass is 16.3. The average Bonchev–Trinajstić information content (AvgIpc) is 2.38. The van der Waals surface area contributed by atoms with Crippen molar-refractivity contribution in [3.63, 3.8) is 0 Å². The van der Waals surface area contributed by atoms with E-state index in [-0.39, 0.29) is 0 Å². The van der Waals surface area contributed by atoms with Crippen molar-refractivity contribution < 1.29 is 5.11 Å². The lowest BCUT2D eigenvalue weighted by atomic mass is 9.93. The van der Waals surface area contributed by atoms with Gasteiger partial charge in [-0.25, -0.2) is 0 Å². The van der Waals surface area contributed by atoms with E-state index in [1.807, 2.05) is 31.3 Å². The largest absolute Gasteiger partial charge is 0.384 e. The van der Waals surface area contributed by atoms with E-state index in [4.69, 9.17) is 0 Å². The monoisotopic (exact) mass is 241 g/mol. The van der Waals surface area contributed by atoms with Crippen LogP contribution in [-0.4, -0.2) is 10.1 Å². The number of benzene rings is 1. The third-order valence-electron chi connectivity index (χ3n) is 3.34. The van der Waals surface area contributed by atoms with Crippen molar-refractivity contribution in [1.29, 1.82) is 0 Å². The zero-order valence-corrected chi connectivity index (χ0v) is 11.1. The van der Waals surface area contributed by atoms with E-state index in [0.29, 0.717) is 0 Å². The van der Waals surface area contributed by atoms with Crippen LogP contribution in [0.3, 0.4) is 0 Å². The van der Waals surface area contributed by atoms with Gasteiger partial charge in [-0.1, -0.05) is 30.7 Å². The third-order valence-corrected chi connectivity index (χ3v) is 3.34. The number of rotatable bonds is 3. The van der Waals surface area contributed by atoms with Crippen LogP contribution in [-0.2, 0) is 6.42 Å². The molecule has 0 aliphatic carbocycles. The van der Waals surface area contributed by atoms with Crippen molar-refractivity contribution in [1.82, 2.24) is 4.98 Å². The minimum Gasteiger partial charge on any atom is -0.384 e. The van der Waals surface area contributed by atoms with E-state index in [9.17, 15) is 5.11 Å². The molecule has 1 N–H and O–H groups in total. The topological polar surface area (TPSA) is 33.1 Å². The second kappa shape index (κ2) is 5.32. The Morgan fingerprint density at radius 1 is 1.17 bits per heavy atom. The minimum atomic E-state index is -0.566. The molecule has 0 fully saturated rings. The minimum absolute atomic E-state index is 0.566. The Morgan fingerprint density at radius 3 is 2.61 bits per heavy atom. The molecule has 0 radical (unpaired) electrons. The van der Waals surface area contributed by atoms with Crippen molar-refractivity contribution in [3.05, 3.63) is 64.5 Å². The maximum Gasteiger partial charge on any atom is 0.105 e. The van der Waals surface area contributed by atoms with Crippen LogP contribution in [0.1, 0.15) is 40.8 Å². The molecule has 0 spiro atoms. The van der Waals surface area contributed by atoms with Crippen LogP contribution in [0.25, 0.3) is 0 Å². The fraction of sp³-hybridized carbons (Fsp3) is 0.312. The van der Waals surface area contributed by atoms with E-state index >= 15 is 0 Å². The Bertz CT molecular complexity index is 549. The maximum absolute atomic E-state index is 10.5. The number of hydrogen-bond donors (Lipinski definition) is 1. The smallest absolute Gasteiger partial charge is 0.105 e.